The van der Waals surface area contributed by atoms with Gasteiger partial charge in [-0.25, -0.2) is 0 Å². The average molecular weight is 366 g/mol. The Bertz CT molecular complexity index is 971. The number of rotatable bonds is 7. The number of ether oxygens (including phenoxy) is 1. The first kappa shape index (κ1) is 17.5. The van der Waals surface area contributed by atoms with Gasteiger partial charge < -0.3 is 14.3 Å². The van der Waals surface area contributed by atoms with Crippen LogP contribution in [0, 0.1) is 10.1 Å². The third kappa shape index (κ3) is 3.39. The van der Waals surface area contributed by atoms with Gasteiger partial charge in [-0.3, -0.25) is 19.9 Å². The van der Waals surface area contributed by atoms with Gasteiger partial charge in [0.15, 0.2) is 11.3 Å². The molecule has 0 amide bonds. The average Bonchev–Trinajstić information content (AvgIpc) is 2.93. The molecule has 8 nitrogen and oxygen atoms in total. The Kier molecular flexibility index (Phi) is 4.65. The fraction of sp³-hybridized carbons (Fsp3) is 0.250. The summed E-state index contributed by atoms with van der Waals surface area (Å²) in [7, 11) is 0. The summed E-state index contributed by atoms with van der Waals surface area (Å²) in [5, 5.41) is 20.8. The number of pyridine rings is 1. The largest absolute Gasteiger partial charge is 0.481 e. The number of alkyl halides is 2. The van der Waals surface area contributed by atoms with Crippen molar-refractivity contribution in [3.63, 3.8) is 0 Å². The molecule has 10 heteroatoms. The van der Waals surface area contributed by atoms with Gasteiger partial charge >= 0.3 is 12.6 Å². The fourth-order valence-corrected chi connectivity index (χ4v) is 2.92. The topological polar surface area (TPSA) is 116 Å². The van der Waals surface area contributed by atoms with Crippen LogP contribution < -0.4 is 4.74 Å². The molecule has 136 valence electrons. The van der Waals surface area contributed by atoms with E-state index in [9.17, 15) is 23.7 Å². The number of fused-ring (bicyclic) bond motifs is 3. The number of hydrogen-bond acceptors (Lipinski definition) is 6. The summed E-state index contributed by atoms with van der Waals surface area (Å²) >= 11 is 0. The molecule has 1 N–H and O–H groups in total. The molecular formula is C16H12F2N2O6. The maximum absolute atomic E-state index is 12.7. The Morgan fingerprint density at radius 1 is 1.38 bits per heavy atom. The minimum atomic E-state index is -3.09. The summed E-state index contributed by atoms with van der Waals surface area (Å²) in [6.45, 7) is -3.73. The second kappa shape index (κ2) is 6.90. The molecule has 0 aliphatic rings. The van der Waals surface area contributed by atoms with Crippen molar-refractivity contribution in [2.75, 3.05) is 6.54 Å². The molecule has 1 aromatic carbocycles. The molecule has 3 aromatic rings. The summed E-state index contributed by atoms with van der Waals surface area (Å²) in [6.07, 6.45) is 2.35. The zero-order valence-electron chi connectivity index (χ0n) is 13.1. The summed E-state index contributed by atoms with van der Waals surface area (Å²) in [4.78, 5) is 25.4. The molecule has 0 bridgehead atoms. The Hall–Kier alpha value is -3.30. The van der Waals surface area contributed by atoms with Gasteiger partial charge in [-0.15, -0.1) is 0 Å². The first-order valence-corrected chi connectivity index (χ1v) is 7.44. The molecule has 0 fully saturated rings. The normalized spacial score (nSPS) is 12.6. The molecule has 0 saturated heterocycles. The van der Waals surface area contributed by atoms with Crippen LogP contribution in [0.25, 0.3) is 21.9 Å². The molecule has 1 atom stereocenters. The van der Waals surface area contributed by atoms with Gasteiger partial charge in [-0.05, 0) is 17.7 Å². The van der Waals surface area contributed by atoms with Crippen LogP contribution >= 0.6 is 0 Å². The predicted molar refractivity (Wildman–Crippen MR) is 85.0 cm³/mol. The maximum atomic E-state index is 12.7. The number of nitrogens with zero attached hydrogens (tertiary/aromatic N) is 2. The first-order valence-electron chi connectivity index (χ1n) is 7.44. The minimum absolute atomic E-state index is 0.0375. The lowest BCUT2D eigenvalue weighted by molar-refractivity contribution is -0.483. The molecule has 0 saturated carbocycles. The van der Waals surface area contributed by atoms with Crippen molar-refractivity contribution in [2.24, 2.45) is 0 Å². The van der Waals surface area contributed by atoms with Crippen molar-refractivity contribution in [1.29, 1.82) is 0 Å². The van der Waals surface area contributed by atoms with Crippen LogP contribution in [0.2, 0.25) is 0 Å². The van der Waals surface area contributed by atoms with Crippen LogP contribution in [0.1, 0.15) is 17.9 Å². The van der Waals surface area contributed by atoms with Crippen molar-refractivity contribution >= 4 is 27.9 Å². The van der Waals surface area contributed by atoms with Crippen LogP contribution in [0.4, 0.5) is 8.78 Å². The molecule has 0 spiro atoms. The second-order valence-corrected chi connectivity index (χ2v) is 5.52. The highest BCUT2D eigenvalue weighted by molar-refractivity contribution is 6.08. The molecule has 0 radical (unpaired) electrons. The number of benzene rings is 1. The Morgan fingerprint density at radius 2 is 2.15 bits per heavy atom. The first-order chi connectivity index (χ1) is 12.4. The van der Waals surface area contributed by atoms with Gasteiger partial charge in [-0.1, -0.05) is 6.07 Å². The standard InChI is InChI=1S/C16H12F2N2O6/c17-16(18)26-12-2-1-9(8(5-13(21)22)7-20(23)24)14-10-6-19-4-3-11(10)25-15(12)14/h1-4,6,8,16H,5,7H2,(H,21,22). The number of carboxylic acids is 1. The third-order valence-electron chi connectivity index (χ3n) is 3.86. The van der Waals surface area contributed by atoms with Crippen LogP contribution in [0.3, 0.4) is 0 Å². The highest BCUT2D eigenvalue weighted by Gasteiger charge is 2.27. The fourth-order valence-electron chi connectivity index (χ4n) is 2.92. The number of carbonyl (C=O) groups is 1. The smallest absolute Gasteiger partial charge is 0.387 e. The predicted octanol–water partition coefficient (Wildman–Crippen LogP) is 3.42. The number of hydrogen-bond donors (Lipinski definition) is 1. The number of aromatic nitrogens is 1. The van der Waals surface area contributed by atoms with E-state index in [1.807, 2.05) is 0 Å². The SMILES string of the molecule is O=C(O)CC(C[N+](=O)[O-])c1ccc(OC(F)F)c2oc3ccncc3c12. The number of furan rings is 1. The highest BCUT2D eigenvalue weighted by atomic mass is 19.3. The van der Waals surface area contributed by atoms with Crippen molar-refractivity contribution in [2.45, 2.75) is 19.0 Å². The minimum Gasteiger partial charge on any atom is -0.481 e. The zero-order chi connectivity index (χ0) is 18.8. The van der Waals surface area contributed by atoms with E-state index in [-0.39, 0.29) is 16.7 Å². The van der Waals surface area contributed by atoms with Crippen molar-refractivity contribution in [3.05, 3.63) is 46.3 Å². The zero-order valence-corrected chi connectivity index (χ0v) is 13.1. The lowest BCUT2D eigenvalue weighted by Gasteiger charge is -2.14. The van der Waals surface area contributed by atoms with E-state index in [1.165, 1.54) is 30.6 Å². The van der Waals surface area contributed by atoms with Crippen molar-refractivity contribution < 1.29 is 32.8 Å². The molecule has 2 heterocycles. The molecule has 2 aromatic heterocycles. The van der Waals surface area contributed by atoms with Gasteiger partial charge in [0.1, 0.15) is 5.58 Å². The Labute approximate surface area is 144 Å². The van der Waals surface area contributed by atoms with E-state index in [1.54, 1.807) is 0 Å². The van der Waals surface area contributed by atoms with Crippen molar-refractivity contribution in [3.8, 4) is 5.75 Å². The summed E-state index contributed by atoms with van der Waals surface area (Å²) < 4.78 is 35.4. The van der Waals surface area contributed by atoms with E-state index >= 15 is 0 Å². The highest BCUT2D eigenvalue weighted by Crippen LogP contribution is 2.40. The van der Waals surface area contributed by atoms with Crippen LogP contribution in [-0.4, -0.2) is 34.1 Å². The van der Waals surface area contributed by atoms with Crippen molar-refractivity contribution in [1.82, 2.24) is 4.98 Å². The van der Waals surface area contributed by atoms with Gasteiger partial charge in [0.2, 0.25) is 6.54 Å². The number of nitro groups is 1. The quantitative estimate of drug-likeness (QED) is 0.503. The second-order valence-electron chi connectivity index (χ2n) is 5.52. The van der Waals surface area contributed by atoms with Crippen LogP contribution in [0.15, 0.2) is 35.0 Å². The molecule has 0 aliphatic heterocycles. The number of aliphatic carboxylic acids is 1. The molecule has 0 aliphatic carbocycles. The van der Waals surface area contributed by atoms with Gasteiger partial charge in [0, 0.05) is 28.1 Å². The lowest BCUT2D eigenvalue weighted by atomic mass is 9.91. The van der Waals surface area contributed by atoms with E-state index in [0.717, 1.165) is 0 Å². The summed E-state index contributed by atoms with van der Waals surface area (Å²) in [5.41, 5.74) is 0.578. The van der Waals surface area contributed by atoms with E-state index in [2.05, 4.69) is 9.72 Å². The maximum Gasteiger partial charge on any atom is 0.387 e. The summed E-state index contributed by atoms with van der Waals surface area (Å²) in [5.74, 6) is -2.44. The van der Waals surface area contributed by atoms with Gasteiger partial charge in [0.25, 0.3) is 0 Å². The van der Waals surface area contributed by atoms with Crippen LogP contribution in [-0.2, 0) is 4.79 Å². The van der Waals surface area contributed by atoms with Crippen LogP contribution in [0.5, 0.6) is 5.75 Å². The lowest BCUT2D eigenvalue weighted by Crippen LogP contribution is -2.16. The monoisotopic (exact) mass is 366 g/mol. The number of halogens is 2. The van der Waals surface area contributed by atoms with E-state index < -0.39 is 36.4 Å². The third-order valence-corrected chi connectivity index (χ3v) is 3.86. The molecule has 1 unspecified atom stereocenters. The van der Waals surface area contributed by atoms with Gasteiger partial charge in [0.05, 0.1) is 12.3 Å². The van der Waals surface area contributed by atoms with E-state index in [0.29, 0.717) is 16.5 Å². The van der Waals surface area contributed by atoms with Gasteiger partial charge in [-0.2, -0.15) is 8.78 Å². The Balaban J connectivity index is 2.27. The van der Waals surface area contributed by atoms with E-state index in [4.69, 9.17) is 9.52 Å². The summed E-state index contributed by atoms with van der Waals surface area (Å²) in [6, 6.07) is 4.04. The molecule has 26 heavy (non-hydrogen) atoms. The molecular weight excluding hydrogens is 354 g/mol. The molecule has 3 rings (SSSR count). The Morgan fingerprint density at radius 3 is 2.81 bits per heavy atom. The number of carboxylic acid groups (broad SMARTS) is 1.